The van der Waals surface area contributed by atoms with Crippen molar-refractivity contribution < 1.29 is 27.5 Å². The molecule has 0 spiro atoms. The Balaban J connectivity index is 1.31. The quantitative estimate of drug-likeness (QED) is 0.717. The third kappa shape index (κ3) is 4.33. The fourth-order valence-corrected chi connectivity index (χ4v) is 6.16. The van der Waals surface area contributed by atoms with Crippen LogP contribution in [0, 0.1) is 11.8 Å². The number of halogens is 3. The average Bonchev–Trinajstić information content (AvgIpc) is 2.72. The number of alkyl halides is 3. The molecule has 4 aliphatic carbocycles. The van der Waals surface area contributed by atoms with E-state index in [0.29, 0.717) is 37.2 Å². The number of amides is 2. The number of hydrogen-bond acceptors (Lipinski definition) is 7. The molecule has 2 aromatic heterocycles. The molecule has 2 unspecified atom stereocenters. The Kier molecular flexibility index (Phi) is 4.98. The minimum Gasteiger partial charge on any atom is -0.374 e. The van der Waals surface area contributed by atoms with Gasteiger partial charge >= 0.3 is 18.3 Å². The van der Waals surface area contributed by atoms with Gasteiger partial charge in [0.25, 0.3) is 5.91 Å². The monoisotopic (exact) mass is 462 g/mol. The van der Waals surface area contributed by atoms with E-state index in [1.54, 1.807) is 0 Å². The third-order valence-electron chi connectivity index (χ3n) is 6.73. The number of nitrogens with zero attached hydrogens (tertiary/aromatic N) is 4. The molecule has 6 rings (SSSR count). The molecule has 2 heterocycles. The summed E-state index contributed by atoms with van der Waals surface area (Å²) in [4.78, 5) is 40.1. The summed E-state index contributed by atoms with van der Waals surface area (Å²) in [5.41, 5.74) is -2.04. The van der Waals surface area contributed by atoms with Crippen LogP contribution < -0.4 is 15.4 Å². The van der Waals surface area contributed by atoms with Crippen LogP contribution in [0.15, 0.2) is 30.9 Å². The van der Waals surface area contributed by atoms with Crippen molar-refractivity contribution in [3.8, 4) is 6.01 Å². The molecular formula is C21H21F3N6O3. The smallest absolute Gasteiger partial charge is 0.374 e. The molecule has 2 atom stereocenters. The van der Waals surface area contributed by atoms with Gasteiger partial charge in [-0.3, -0.25) is 4.79 Å². The van der Waals surface area contributed by atoms with E-state index in [2.05, 4.69) is 30.6 Å². The first-order valence-electron chi connectivity index (χ1n) is 10.6. The van der Waals surface area contributed by atoms with Crippen molar-refractivity contribution in [1.82, 2.24) is 30.6 Å². The first-order valence-corrected chi connectivity index (χ1v) is 10.6. The van der Waals surface area contributed by atoms with E-state index in [-0.39, 0.29) is 11.6 Å². The number of carbonyl (C=O) groups is 2. The summed E-state index contributed by atoms with van der Waals surface area (Å²) in [6.07, 6.45) is 2.66. The number of rotatable bonds is 4. The molecule has 0 saturated heterocycles. The lowest BCUT2D eigenvalue weighted by Gasteiger charge is -2.61. The predicted molar refractivity (Wildman–Crippen MR) is 106 cm³/mol. The van der Waals surface area contributed by atoms with Crippen LogP contribution in [0.4, 0.5) is 18.0 Å². The molecule has 0 aromatic carbocycles. The molecule has 2 N–H and O–H groups in total. The van der Waals surface area contributed by atoms with Crippen LogP contribution in [-0.4, -0.2) is 43.0 Å². The van der Waals surface area contributed by atoms with Crippen molar-refractivity contribution in [3.05, 3.63) is 42.2 Å². The highest BCUT2D eigenvalue weighted by Crippen LogP contribution is 2.57. The molecule has 33 heavy (non-hydrogen) atoms. The van der Waals surface area contributed by atoms with Crippen molar-refractivity contribution >= 4 is 12.0 Å². The average molecular weight is 462 g/mol. The standard InChI is InChI=1S/C21H21F3N6O3/c22-21(23,24)15-2-4-26-17(28-15)33-18(32)30-20-8-12-5-13(9-20)7-19(6-12,10-20)29-16(31)14-1-3-25-11-27-14/h1-4,11-13H,5-10H2,(H,29,31)(H,30,32). The lowest BCUT2D eigenvalue weighted by atomic mass is 9.50. The molecule has 9 nitrogen and oxygen atoms in total. The Morgan fingerprint density at radius 3 is 2.33 bits per heavy atom. The largest absolute Gasteiger partial charge is 0.433 e. The first-order chi connectivity index (χ1) is 15.6. The molecule has 4 saturated carbocycles. The Morgan fingerprint density at radius 2 is 1.70 bits per heavy atom. The maximum absolute atomic E-state index is 12.9. The molecule has 174 valence electrons. The van der Waals surface area contributed by atoms with Gasteiger partial charge < -0.3 is 15.4 Å². The minimum atomic E-state index is -4.67. The Bertz CT molecular complexity index is 1070. The Labute approximate surface area is 186 Å². The van der Waals surface area contributed by atoms with Crippen molar-refractivity contribution in [2.75, 3.05) is 0 Å². The van der Waals surface area contributed by atoms with E-state index < -0.39 is 35.1 Å². The van der Waals surface area contributed by atoms with Crippen LogP contribution >= 0.6 is 0 Å². The zero-order valence-electron chi connectivity index (χ0n) is 17.4. The second-order valence-electron chi connectivity index (χ2n) is 9.31. The van der Waals surface area contributed by atoms with E-state index in [4.69, 9.17) is 4.74 Å². The van der Waals surface area contributed by atoms with E-state index >= 15 is 0 Å². The molecule has 0 aliphatic heterocycles. The summed E-state index contributed by atoms with van der Waals surface area (Å²) in [6, 6.07) is 1.57. The molecule has 4 fully saturated rings. The third-order valence-corrected chi connectivity index (χ3v) is 6.73. The van der Waals surface area contributed by atoms with Crippen molar-refractivity contribution in [2.45, 2.75) is 55.8 Å². The van der Waals surface area contributed by atoms with Gasteiger partial charge in [-0.1, -0.05) is 0 Å². The van der Waals surface area contributed by atoms with Gasteiger partial charge in [-0.05, 0) is 62.5 Å². The van der Waals surface area contributed by atoms with Gasteiger partial charge in [0.05, 0.1) is 0 Å². The van der Waals surface area contributed by atoms with Gasteiger partial charge in [0, 0.05) is 23.5 Å². The normalized spacial score (nSPS) is 30.0. The second kappa shape index (κ2) is 7.63. The number of aromatic nitrogens is 4. The Hall–Kier alpha value is -3.31. The molecular weight excluding hydrogens is 441 g/mol. The highest BCUT2D eigenvalue weighted by atomic mass is 19.4. The Morgan fingerprint density at radius 1 is 1.00 bits per heavy atom. The van der Waals surface area contributed by atoms with Crippen molar-refractivity contribution in [1.29, 1.82) is 0 Å². The lowest BCUT2D eigenvalue weighted by Crippen LogP contribution is -2.70. The maximum Gasteiger partial charge on any atom is 0.433 e. The zero-order chi connectivity index (χ0) is 23.3. The van der Waals surface area contributed by atoms with E-state index in [0.717, 1.165) is 25.5 Å². The van der Waals surface area contributed by atoms with Gasteiger partial charge in [-0.15, -0.1) is 0 Å². The van der Waals surface area contributed by atoms with Crippen LogP contribution in [0.5, 0.6) is 6.01 Å². The first kappa shape index (κ1) is 21.5. The summed E-state index contributed by atoms with van der Waals surface area (Å²) in [5, 5.41) is 6.01. The van der Waals surface area contributed by atoms with Crippen LogP contribution in [-0.2, 0) is 6.18 Å². The topological polar surface area (TPSA) is 119 Å². The maximum atomic E-state index is 12.9. The van der Waals surface area contributed by atoms with Gasteiger partial charge in [-0.2, -0.15) is 18.2 Å². The SMILES string of the molecule is O=C(NC12CC3CC(C1)CC(NC(=O)c1ccncn1)(C3)C2)Oc1nccc(C(F)(F)F)n1. The highest BCUT2D eigenvalue weighted by molar-refractivity contribution is 5.92. The minimum absolute atomic E-state index is 0.267. The van der Waals surface area contributed by atoms with Gasteiger partial charge in [0.2, 0.25) is 0 Å². The zero-order valence-corrected chi connectivity index (χ0v) is 17.4. The van der Waals surface area contributed by atoms with E-state index in [1.165, 1.54) is 18.6 Å². The number of nitrogens with one attached hydrogen (secondary N) is 2. The number of ether oxygens (including phenoxy) is 1. The molecule has 12 heteroatoms. The second-order valence-corrected chi connectivity index (χ2v) is 9.31. The highest BCUT2D eigenvalue weighted by Gasteiger charge is 2.59. The summed E-state index contributed by atoms with van der Waals surface area (Å²) >= 11 is 0. The number of carbonyl (C=O) groups excluding carboxylic acids is 2. The number of hydrogen-bond donors (Lipinski definition) is 2. The van der Waals surface area contributed by atoms with Crippen molar-refractivity contribution in [3.63, 3.8) is 0 Å². The predicted octanol–water partition coefficient (Wildman–Crippen LogP) is 2.90. The fourth-order valence-electron chi connectivity index (χ4n) is 6.16. The van der Waals surface area contributed by atoms with Crippen LogP contribution in [0.3, 0.4) is 0 Å². The fraction of sp³-hybridized carbons (Fsp3) is 0.524. The van der Waals surface area contributed by atoms with Gasteiger partial charge in [0.1, 0.15) is 12.0 Å². The van der Waals surface area contributed by atoms with E-state index in [1.807, 2.05) is 0 Å². The molecule has 2 aromatic rings. The lowest BCUT2D eigenvalue weighted by molar-refractivity contribution is -0.141. The van der Waals surface area contributed by atoms with Crippen LogP contribution in [0.25, 0.3) is 0 Å². The summed E-state index contributed by atoms with van der Waals surface area (Å²) in [6.45, 7) is 0. The van der Waals surface area contributed by atoms with Gasteiger partial charge in [0.15, 0.2) is 5.69 Å². The summed E-state index contributed by atoms with van der Waals surface area (Å²) in [7, 11) is 0. The van der Waals surface area contributed by atoms with Gasteiger partial charge in [-0.25, -0.2) is 19.7 Å². The molecule has 4 bridgehead atoms. The van der Waals surface area contributed by atoms with Crippen molar-refractivity contribution in [2.24, 2.45) is 11.8 Å². The van der Waals surface area contributed by atoms with Crippen LogP contribution in [0.2, 0.25) is 0 Å². The van der Waals surface area contributed by atoms with E-state index in [9.17, 15) is 22.8 Å². The summed E-state index contributed by atoms with van der Waals surface area (Å²) in [5.74, 6) is 0.318. The molecule has 0 radical (unpaired) electrons. The molecule has 4 aliphatic rings. The summed E-state index contributed by atoms with van der Waals surface area (Å²) < 4.78 is 43.6. The van der Waals surface area contributed by atoms with Crippen LogP contribution in [0.1, 0.15) is 54.7 Å². The molecule has 2 amide bonds.